The van der Waals surface area contributed by atoms with Gasteiger partial charge < -0.3 is 9.47 Å². The number of rotatable bonds is 11. The van der Waals surface area contributed by atoms with Gasteiger partial charge in [-0.05, 0) is 31.7 Å². The van der Waals surface area contributed by atoms with Crippen LogP contribution in [0.15, 0.2) is 24.3 Å². The summed E-state index contributed by atoms with van der Waals surface area (Å²) < 4.78 is 10.5. The molecule has 0 aliphatic rings. The van der Waals surface area contributed by atoms with E-state index in [2.05, 4.69) is 0 Å². The van der Waals surface area contributed by atoms with Crippen LogP contribution in [0.3, 0.4) is 0 Å². The third kappa shape index (κ3) is 8.14. The highest BCUT2D eigenvalue weighted by Gasteiger charge is 2.24. The van der Waals surface area contributed by atoms with E-state index in [0.29, 0.717) is 19.6 Å². The highest BCUT2D eigenvalue weighted by molar-refractivity contribution is 5.80. The van der Waals surface area contributed by atoms with Gasteiger partial charge in [0.05, 0.1) is 25.6 Å². The van der Waals surface area contributed by atoms with Crippen molar-refractivity contribution in [1.29, 1.82) is 0 Å². The van der Waals surface area contributed by atoms with Crippen LogP contribution in [0.2, 0.25) is 0 Å². The van der Waals surface area contributed by atoms with Crippen molar-refractivity contribution in [3.8, 4) is 0 Å². The fraction of sp³-hybridized carbons (Fsp3) is 0.600. The lowest BCUT2D eigenvalue weighted by molar-refractivity contribution is -0.155. The van der Waals surface area contributed by atoms with E-state index in [1.54, 1.807) is 0 Å². The summed E-state index contributed by atoms with van der Waals surface area (Å²) in [6.45, 7) is 6.93. The zero-order valence-corrected chi connectivity index (χ0v) is 15.2. The molecular formula is C20H30O4. The SMILES string of the molecule is CCCCOC(=O)CC(Cc1ccc(C)cc1)C(=O)OCCCC. The van der Waals surface area contributed by atoms with Crippen LogP contribution in [0.25, 0.3) is 0 Å². The predicted molar refractivity (Wildman–Crippen MR) is 94.7 cm³/mol. The Morgan fingerprint density at radius 2 is 1.54 bits per heavy atom. The van der Waals surface area contributed by atoms with Gasteiger partial charge in [0.2, 0.25) is 0 Å². The Hall–Kier alpha value is -1.84. The molecule has 0 spiro atoms. The molecule has 0 aliphatic heterocycles. The van der Waals surface area contributed by atoms with Gasteiger partial charge in [-0.15, -0.1) is 0 Å². The number of hydrogen-bond donors (Lipinski definition) is 0. The number of ether oxygens (including phenoxy) is 2. The number of carbonyl (C=O) groups excluding carboxylic acids is 2. The Labute approximate surface area is 145 Å². The summed E-state index contributed by atoms with van der Waals surface area (Å²) in [6.07, 6.45) is 4.18. The van der Waals surface area contributed by atoms with E-state index < -0.39 is 5.92 Å². The van der Waals surface area contributed by atoms with Crippen molar-refractivity contribution >= 4 is 11.9 Å². The van der Waals surface area contributed by atoms with Gasteiger partial charge in [-0.25, -0.2) is 0 Å². The molecule has 4 nitrogen and oxygen atoms in total. The quantitative estimate of drug-likeness (QED) is 0.449. The maximum Gasteiger partial charge on any atom is 0.309 e. The number of benzene rings is 1. The molecule has 1 aromatic rings. The maximum absolute atomic E-state index is 12.3. The summed E-state index contributed by atoms with van der Waals surface area (Å²) in [7, 11) is 0. The molecule has 1 atom stereocenters. The first-order valence-electron chi connectivity index (χ1n) is 8.94. The van der Waals surface area contributed by atoms with E-state index >= 15 is 0 Å². The van der Waals surface area contributed by atoms with Crippen LogP contribution in [0.1, 0.15) is 57.1 Å². The Morgan fingerprint density at radius 3 is 2.12 bits per heavy atom. The minimum absolute atomic E-state index is 0.0720. The summed E-state index contributed by atoms with van der Waals surface area (Å²) in [6, 6.07) is 8.00. The average molecular weight is 334 g/mol. The first-order chi connectivity index (χ1) is 11.6. The lowest BCUT2D eigenvalue weighted by Crippen LogP contribution is -2.24. The van der Waals surface area contributed by atoms with E-state index in [4.69, 9.17) is 9.47 Å². The predicted octanol–water partition coefficient (Wildman–Crippen LogP) is 4.23. The number of hydrogen-bond acceptors (Lipinski definition) is 4. The molecule has 4 heteroatoms. The third-order valence-electron chi connectivity index (χ3n) is 3.85. The third-order valence-corrected chi connectivity index (χ3v) is 3.85. The lowest BCUT2D eigenvalue weighted by Gasteiger charge is -2.16. The van der Waals surface area contributed by atoms with Crippen LogP contribution in [0, 0.1) is 12.8 Å². The molecular weight excluding hydrogens is 304 g/mol. The van der Waals surface area contributed by atoms with Crippen LogP contribution < -0.4 is 0 Å². The minimum atomic E-state index is -0.487. The summed E-state index contributed by atoms with van der Waals surface area (Å²) in [5.74, 6) is -1.12. The molecule has 0 saturated heterocycles. The van der Waals surface area contributed by atoms with Crippen molar-refractivity contribution in [2.75, 3.05) is 13.2 Å². The molecule has 24 heavy (non-hydrogen) atoms. The normalized spacial score (nSPS) is 11.8. The Kier molecular flexibility index (Phi) is 9.81. The Morgan fingerprint density at radius 1 is 0.958 bits per heavy atom. The van der Waals surface area contributed by atoms with Gasteiger partial charge >= 0.3 is 11.9 Å². The van der Waals surface area contributed by atoms with Gasteiger partial charge in [0.1, 0.15) is 0 Å². The van der Waals surface area contributed by atoms with E-state index in [1.807, 2.05) is 45.0 Å². The molecule has 0 fully saturated rings. The molecule has 1 aromatic carbocycles. The molecule has 0 heterocycles. The van der Waals surface area contributed by atoms with Gasteiger partial charge in [0, 0.05) is 0 Å². The van der Waals surface area contributed by atoms with E-state index in [9.17, 15) is 9.59 Å². The smallest absolute Gasteiger partial charge is 0.309 e. The summed E-state index contributed by atoms with van der Waals surface area (Å²) in [4.78, 5) is 24.3. The first kappa shape index (κ1) is 20.2. The molecule has 0 aliphatic carbocycles. The van der Waals surface area contributed by atoms with Crippen LogP contribution in [0.5, 0.6) is 0 Å². The molecule has 0 N–H and O–H groups in total. The van der Waals surface area contributed by atoms with Crippen LogP contribution in [-0.2, 0) is 25.5 Å². The van der Waals surface area contributed by atoms with Crippen molar-refractivity contribution in [3.05, 3.63) is 35.4 Å². The standard InChI is InChI=1S/C20H30O4/c1-4-6-12-23-19(21)15-18(20(22)24-13-7-5-2)14-17-10-8-16(3)9-11-17/h8-11,18H,4-7,12-15H2,1-3H3. The fourth-order valence-corrected chi connectivity index (χ4v) is 2.27. The second kappa shape index (κ2) is 11.7. The molecule has 134 valence electrons. The summed E-state index contributed by atoms with van der Waals surface area (Å²) in [5, 5.41) is 0. The first-order valence-corrected chi connectivity index (χ1v) is 8.94. The van der Waals surface area contributed by atoms with Gasteiger partial charge in [-0.3, -0.25) is 9.59 Å². The Bertz CT molecular complexity index is 493. The maximum atomic E-state index is 12.3. The van der Waals surface area contributed by atoms with Gasteiger partial charge in [0.25, 0.3) is 0 Å². The molecule has 0 saturated carbocycles. The fourth-order valence-electron chi connectivity index (χ4n) is 2.27. The monoisotopic (exact) mass is 334 g/mol. The largest absolute Gasteiger partial charge is 0.466 e. The molecule has 0 aromatic heterocycles. The topological polar surface area (TPSA) is 52.6 Å². The summed E-state index contributed by atoms with van der Waals surface area (Å²) >= 11 is 0. The van der Waals surface area contributed by atoms with Crippen LogP contribution in [-0.4, -0.2) is 25.2 Å². The van der Waals surface area contributed by atoms with Crippen LogP contribution >= 0.6 is 0 Å². The van der Waals surface area contributed by atoms with Crippen molar-refractivity contribution in [1.82, 2.24) is 0 Å². The zero-order chi connectivity index (χ0) is 17.8. The molecule has 0 bridgehead atoms. The molecule has 0 amide bonds. The summed E-state index contributed by atoms with van der Waals surface area (Å²) in [5.41, 5.74) is 2.19. The minimum Gasteiger partial charge on any atom is -0.466 e. The molecule has 0 radical (unpaired) electrons. The van der Waals surface area contributed by atoms with Crippen molar-refractivity contribution in [2.24, 2.45) is 5.92 Å². The zero-order valence-electron chi connectivity index (χ0n) is 15.2. The average Bonchev–Trinajstić information content (AvgIpc) is 2.56. The van der Waals surface area contributed by atoms with Crippen molar-refractivity contribution < 1.29 is 19.1 Å². The lowest BCUT2D eigenvalue weighted by atomic mass is 9.95. The Balaban J connectivity index is 2.65. The second-order valence-corrected chi connectivity index (χ2v) is 6.19. The molecule has 1 unspecified atom stereocenters. The van der Waals surface area contributed by atoms with Crippen molar-refractivity contribution in [3.63, 3.8) is 0 Å². The number of esters is 2. The second-order valence-electron chi connectivity index (χ2n) is 6.19. The highest BCUT2D eigenvalue weighted by atomic mass is 16.5. The number of carbonyl (C=O) groups is 2. The van der Waals surface area contributed by atoms with E-state index in [1.165, 1.54) is 5.56 Å². The van der Waals surface area contributed by atoms with Gasteiger partial charge in [-0.2, -0.15) is 0 Å². The number of aryl methyl sites for hydroxylation is 1. The van der Waals surface area contributed by atoms with Crippen molar-refractivity contribution in [2.45, 2.75) is 59.3 Å². The highest BCUT2D eigenvalue weighted by Crippen LogP contribution is 2.16. The van der Waals surface area contributed by atoms with Gasteiger partial charge in [0.15, 0.2) is 0 Å². The van der Waals surface area contributed by atoms with E-state index in [-0.39, 0.29) is 18.4 Å². The van der Waals surface area contributed by atoms with Gasteiger partial charge in [-0.1, -0.05) is 56.5 Å². The van der Waals surface area contributed by atoms with E-state index in [0.717, 1.165) is 31.2 Å². The molecule has 1 rings (SSSR count). The van der Waals surface area contributed by atoms with Crippen LogP contribution in [0.4, 0.5) is 0 Å². The number of unbranched alkanes of at least 4 members (excludes halogenated alkanes) is 2.